The van der Waals surface area contributed by atoms with E-state index in [1.165, 1.54) is 12.1 Å². The van der Waals surface area contributed by atoms with E-state index in [-0.39, 0.29) is 22.5 Å². The normalized spacial score (nSPS) is 9.86. The number of thiol groups is 2. The van der Waals surface area contributed by atoms with E-state index in [1.54, 1.807) is 0 Å². The second kappa shape index (κ2) is 3.93. The summed E-state index contributed by atoms with van der Waals surface area (Å²) in [5.74, 6) is 0. The van der Waals surface area contributed by atoms with Gasteiger partial charge in [0.25, 0.3) is 0 Å². The van der Waals surface area contributed by atoms with E-state index in [0.717, 1.165) is 0 Å². The number of rotatable bonds is 2. The van der Waals surface area contributed by atoms with Gasteiger partial charge in [-0.3, -0.25) is 9.59 Å². The lowest BCUT2D eigenvalue weighted by molar-refractivity contribution is 0.106. The van der Waals surface area contributed by atoms with Gasteiger partial charge in [-0.2, -0.15) is 0 Å². The molecule has 0 atom stereocenters. The molecule has 1 aromatic carbocycles. The third-order valence-corrected chi connectivity index (χ3v) is 2.14. The van der Waals surface area contributed by atoms with Crippen LogP contribution in [0.3, 0.4) is 0 Å². The van der Waals surface area contributed by atoms with Gasteiger partial charge in [-0.1, -0.05) is 0 Å². The minimum absolute atomic E-state index is 0.00772. The molecule has 0 aliphatic carbocycles. The van der Waals surface area contributed by atoms with Crippen LogP contribution in [0.15, 0.2) is 12.1 Å². The van der Waals surface area contributed by atoms with Crippen LogP contribution in [0.25, 0.3) is 0 Å². The number of hydrogen-bond acceptors (Lipinski definition) is 4. The predicted octanol–water partition coefficient (Wildman–Crippen LogP) is 0.991. The van der Waals surface area contributed by atoms with E-state index in [9.17, 15) is 9.59 Å². The SMILES string of the molecule is Nc1ccc(N)c(C(=O)S)c1C(=O)S. The first-order valence-corrected chi connectivity index (χ1v) is 4.49. The van der Waals surface area contributed by atoms with Crippen molar-refractivity contribution in [1.29, 1.82) is 0 Å². The molecule has 0 saturated heterocycles. The number of nitrogen functional groups attached to an aromatic ring is 2. The van der Waals surface area contributed by atoms with Crippen molar-refractivity contribution >= 4 is 46.9 Å². The first-order chi connectivity index (χ1) is 6.45. The zero-order chi connectivity index (χ0) is 10.9. The summed E-state index contributed by atoms with van der Waals surface area (Å²) in [5.41, 5.74) is 11.4. The largest absolute Gasteiger partial charge is 0.398 e. The number of nitrogens with two attached hydrogens (primary N) is 2. The Morgan fingerprint density at radius 2 is 1.21 bits per heavy atom. The number of hydrogen-bond donors (Lipinski definition) is 4. The van der Waals surface area contributed by atoms with Crippen molar-refractivity contribution in [2.45, 2.75) is 0 Å². The van der Waals surface area contributed by atoms with Gasteiger partial charge in [0, 0.05) is 11.4 Å². The van der Waals surface area contributed by atoms with E-state index in [2.05, 4.69) is 25.3 Å². The number of carbonyl (C=O) groups excluding carboxylic acids is 2. The molecule has 0 saturated carbocycles. The minimum atomic E-state index is -0.604. The van der Waals surface area contributed by atoms with Crippen molar-refractivity contribution in [2.75, 3.05) is 11.5 Å². The molecule has 4 nitrogen and oxygen atoms in total. The van der Waals surface area contributed by atoms with Crippen LogP contribution in [-0.4, -0.2) is 10.2 Å². The maximum atomic E-state index is 11.1. The van der Waals surface area contributed by atoms with E-state index in [0.29, 0.717) is 0 Å². The fourth-order valence-electron chi connectivity index (χ4n) is 1.10. The van der Waals surface area contributed by atoms with Crippen molar-refractivity contribution in [3.05, 3.63) is 23.3 Å². The lowest BCUT2D eigenvalue weighted by atomic mass is 10.1. The Kier molecular flexibility index (Phi) is 3.07. The topological polar surface area (TPSA) is 86.2 Å². The summed E-state index contributed by atoms with van der Waals surface area (Å²) >= 11 is 7.22. The van der Waals surface area contributed by atoms with Gasteiger partial charge < -0.3 is 11.5 Å². The molecule has 0 radical (unpaired) electrons. The van der Waals surface area contributed by atoms with E-state index in [4.69, 9.17) is 11.5 Å². The average Bonchev–Trinajstić information content (AvgIpc) is 2.07. The Balaban J connectivity index is 3.58. The first kappa shape index (κ1) is 10.9. The van der Waals surface area contributed by atoms with E-state index >= 15 is 0 Å². The van der Waals surface area contributed by atoms with Crippen molar-refractivity contribution in [3.63, 3.8) is 0 Å². The molecule has 0 aliphatic rings. The summed E-state index contributed by atoms with van der Waals surface area (Å²) in [6.07, 6.45) is 0. The maximum absolute atomic E-state index is 11.1. The van der Waals surface area contributed by atoms with Crippen molar-refractivity contribution in [3.8, 4) is 0 Å². The Morgan fingerprint density at radius 1 is 0.929 bits per heavy atom. The summed E-state index contributed by atoms with van der Waals surface area (Å²) in [5, 5.41) is -1.21. The Morgan fingerprint density at radius 3 is 1.43 bits per heavy atom. The Hall–Kier alpha value is -1.14. The number of benzene rings is 1. The van der Waals surface area contributed by atoms with Crippen molar-refractivity contribution in [1.82, 2.24) is 0 Å². The third-order valence-electron chi connectivity index (χ3n) is 1.70. The van der Waals surface area contributed by atoms with Crippen LogP contribution < -0.4 is 11.5 Å². The molecule has 0 bridgehead atoms. The Bertz CT molecular complexity index is 379. The highest BCUT2D eigenvalue weighted by atomic mass is 32.1. The lowest BCUT2D eigenvalue weighted by Crippen LogP contribution is -2.09. The van der Waals surface area contributed by atoms with Gasteiger partial charge in [-0.15, -0.1) is 25.3 Å². The fraction of sp³-hybridized carbons (Fsp3) is 0. The smallest absolute Gasteiger partial charge is 0.219 e. The molecule has 74 valence electrons. The summed E-state index contributed by atoms with van der Waals surface area (Å²) in [6, 6.07) is 2.89. The average molecular weight is 228 g/mol. The molecule has 0 fully saturated rings. The van der Waals surface area contributed by atoms with Gasteiger partial charge in [0.1, 0.15) is 0 Å². The van der Waals surface area contributed by atoms with Crippen LogP contribution in [0.5, 0.6) is 0 Å². The molecule has 0 aromatic heterocycles. The van der Waals surface area contributed by atoms with E-state index in [1.807, 2.05) is 0 Å². The highest BCUT2D eigenvalue weighted by Gasteiger charge is 2.18. The van der Waals surface area contributed by atoms with Crippen molar-refractivity contribution < 1.29 is 9.59 Å². The molecule has 6 heteroatoms. The van der Waals surface area contributed by atoms with Gasteiger partial charge in [-0.05, 0) is 12.1 Å². The molecule has 1 rings (SSSR count). The van der Waals surface area contributed by atoms with Crippen LogP contribution in [0, 0.1) is 0 Å². The van der Waals surface area contributed by atoms with Gasteiger partial charge in [-0.25, -0.2) is 0 Å². The molecular weight excluding hydrogens is 220 g/mol. The molecule has 4 N–H and O–H groups in total. The molecule has 0 aliphatic heterocycles. The van der Waals surface area contributed by atoms with Crippen LogP contribution in [0.4, 0.5) is 11.4 Å². The predicted molar refractivity (Wildman–Crippen MR) is 61.9 cm³/mol. The van der Waals surface area contributed by atoms with Gasteiger partial charge in [0.05, 0.1) is 11.1 Å². The molecule has 0 heterocycles. The van der Waals surface area contributed by atoms with Crippen LogP contribution in [-0.2, 0) is 0 Å². The molecular formula is C8H8N2O2S2. The van der Waals surface area contributed by atoms with Crippen LogP contribution in [0.1, 0.15) is 20.7 Å². The minimum Gasteiger partial charge on any atom is -0.398 e. The summed E-state index contributed by atoms with van der Waals surface area (Å²) < 4.78 is 0. The third kappa shape index (κ3) is 1.85. The number of anilines is 2. The highest BCUT2D eigenvalue weighted by Crippen LogP contribution is 2.26. The lowest BCUT2D eigenvalue weighted by Gasteiger charge is -2.08. The van der Waals surface area contributed by atoms with Gasteiger partial charge in [0.2, 0.25) is 10.2 Å². The molecule has 14 heavy (non-hydrogen) atoms. The van der Waals surface area contributed by atoms with E-state index < -0.39 is 10.2 Å². The molecule has 0 spiro atoms. The fourth-order valence-corrected chi connectivity index (χ4v) is 1.58. The number of carbonyl (C=O) groups is 2. The molecule has 0 amide bonds. The zero-order valence-electron chi connectivity index (χ0n) is 7.02. The molecule has 1 aromatic rings. The monoisotopic (exact) mass is 228 g/mol. The van der Waals surface area contributed by atoms with Crippen LogP contribution >= 0.6 is 25.3 Å². The summed E-state index contributed by atoms with van der Waals surface area (Å²) in [4.78, 5) is 22.2. The molecule has 0 unspecified atom stereocenters. The van der Waals surface area contributed by atoms with Gasteiger partial charge >= 0.3 is 0 Å². The first-order valence-electron chi connectivity index (χ1n) is 3.59. The highest BCUT2D eigenvalue weighted by molar-refractivity contribution is 7.98. The maximum Gasteiger partial charge on any atom is 0.219 e. The summed E-state index contributed by atoms with van der Waals surface area (Å²) in [7, 11) is 0. The van der Waals surface area contributed by atoms with Crippen molar-refractivity contribution in [2.24, 2.45) is 0 Å². The second-order valence-corrected chi connectivity index (χ2v) is 3.42. The zero-order valence-corrected chi connectivity index (χ0v) is 8.81. The Labute approximate surface area is 91.5 Å². The van der Waals surface area contributed by atoms with Gasteiger partial charge in [0.15, 0.2) is 0 Å². The standard InChI is InChI=1S/C8H8N2O2S2/c9-3-1-2-4(10)6(8(12)14)5(3)7(11)13/h1-2H,9-10H2,(H,11,13)(H,12,14). The summed E-state index contributed by atoms with van der Waals surface area (Å²) in [6.45, 7) is 0. The van der Waals surface area contributed by atoms with Crippen LogP contribution in [0.2, 0.25) is 0 Å². The second-order valence-electron chi connectivity index (χ2n) is 2.60. The quantitative estimate of drug-likeness (QED) is 0.449.